The molecule has 0 aliphatic heterocycles. The van der Waals surface area contributed by atoms with Gasteiger partial charge in [0, 0.05) is 5.56 Å². The number of hydrazone groups is 1. The third-order valence-electron chi connectivity index (χ3n) is 2.86. The predicted octanol–water partition coefficient (Wildman–Crippen LogP) is 2.94. The first-order valence-corrected chi connectivity index (χ1v) is 6.42. The molecule has 0 spiro atoms. The quantitative estimate of drug-likeness (QED) is 0.661. The molecule has 102 valence electrons. The summed E-state index contributed by atoms with van der Waals surface area (Å²) in [6.07, 6.45) is 0.722. The molecule has 0 radical (unpaired) electrons. The van der Waals surface area contributed by atoms with E-state index >= 15 is 0 Å². The van der Waals surface area contributed by atoms with E-state index in [1.54, 1.807) is 12.1 Å². The Morgan fingerprint density at radius 1 is 1.05 bits per heavy atom. The average molecular weight is 268 g/mol. The van der Waals surface area contributed by atoms with Gasteiger partial charge in [-0.15, -0.1) is 0 Å². The van der Waals surface area contributed by atoms with Crippen LogP contribution in [0.1, 0.15) is 29.3 Å². The molecule has 2 rings (SSSR count). The maximum absolute atomic E-state index is 11.9. The SMILES string of the molecule is CC/C(=N/NC(=O)c1ccc(O)cc1)c1ccccc1. The minimum atomic E-state index is -0.299. The van der Waals surface area contributed by atoms with Crippen LogP contribution in [-0.2, 0) is 0 Å². The van der Waals surface area contributed by atoms with E-state index < -0.39 is 0 Å². The molecule has 2 N–H and O–H groups in total. The minimum absolute atomic E-state index is 0.128. The highest BCUT2D eigenvalue weighted by atomic mass is 16.3. The first-order chi connectivity index (χ1) is 9.70. The van der Waals surface area contributed by atoms with Crippen LogP contribution < -0.4 is 5.43 Å². The number of nitrogens with zero attached hydrogens (tertiary/aromatic N) is 1. The van der Waals surface area contributed by atoms with Crippen LogP contribution in [0, 0.1) is 0 Å². The number of phenols is 1. The maximum Gasteiger partial charge on any atom is 0.271 e. The Kier molecular flexibility index (Phi) is 4.50. The molecule has 0 heterocycles. The van der Waals surface area contributed by atoms with Crippen molar-refractivity contribution in [2.24, 2.45) is 5.10 Å². The summed E-state index contributed by atoms with van der Waals surface area (Å²) in [6, 6.07) is 15.7. The van der Waals surface area contributed by atoms with Gasteiger partial charge in [0.1, 0.15) is 5.75 Å². The van der Waals surface area contributed by atoms with E-state index in [4.69, 9.17) is 0 Å². The normalized spacial score (nSPS) is 11.2. The number of carbonyl (C=O) groups is 1. The van der Waals surface area contributed by atoms with Crippen molar-refractivity contribution in [1.29, 1.82) is 0 Å². The van der Waals surface area contributed by atoms with Crippen LogP contribution in [0.4, 0.5) is 0 Å². The highest BCUT2D eigenvalue weighted by Gasteiger charge is 2.05. The third-order valence-corrected chi connectivity index (χ3v) is 2.86. The highest BCUT2D eigenvalue weighted by molar-refractivity contribution is 6.02. The van der Waals surface area contributed by atoms with Gasteiger partial charge in [0.2, 0.25) is 0 Å². The van der Waals surface area contributed by atoms with Crippen molar-refractivity contribution in [3.05, 3.63) is 65.7 Å². The summed E-state index contributed by atoms with van der Waals surface area (Å²) in [5.41, 5.74) is 4.79. The molecule has 0 fully saturated rings. The summed E-state index contributed by atoms with van der Waals surface area (Å²) in [4.78, 5) is 11.9. The number of phenolic OH excluding ortho intramolecular Hbond substituents is 1. The van der Waals surface area contributed by atoms with Gasteiger partial charge in [-0.3, -0.25) is 4.79 Å². The van der Waals surface area contributed by atoms with Crippen molar-refractivity contribution in [3.8, 4) is 5.75 Å². The van der Waals surface area contributed by atoms with E-state index in [1.165, 1.54) is 12.1 Å². The van der Waals surface area contributed by atoms with E-state index in [0.29, 0.717) is 5.56 Å². The standard InChI is InChI=1S/C16H16N2O2/c1-2-15(12-6-4-3-5-7-12)17-18-16(20)13-8-10-14(19)11-9-13/h3-11,19H,2H2,1H3,(H,18,20)/b17-15-. The molecule has 0 saturated carbocycles. The van der Waals surface area contributed by atoms with Gasteiger partial charge < -0.3 is 5.11 Å². The Hall–Kier alpha value is -2.62. The zero-order chi connectivity index (χ0) is 14.4. The van der Waals surface area contributed by atoms with Crippen molar-refractivity contribution in [2.45, 2.75) is 13.3 Å². The van der Waals surface area contributed by atoms with Gasteiger partial charge in [0.25, 0.3) is 5.91 Å². The second-order valence-corrected chi connectivity index (χ2v) is 4.27. The summed E-state index contributed by atoms with van der Waals surface area (Å²) >= 11 is 0. The summed E-state index contributed by atoms with van der Waals surface area (Å²) in [5, 5.41) is 13.3. The van der Waals surface area contributed by atoms with E-state index in [2.05, 4.69) is 10.5 Å². The van der Waals surface area contributed by atoms with Crippen LogP contribution >= 0.6 is 0 Å². The van der Waals surface area contributed by atoms with Crippen LogP contribution in [-0.4, -0.2) is 16.7 Å². The van der Waals surface area contributed by atoms with Crippen LogP contribution in [0.2, 0.25) is 0 Å². The van der Waals surface area contributed by atoms with Gasteiger partial charge in [-0.1, -0.05) is 37.3 Å². The number of benzene rings is 2. The lowest BCUT2D eigenvalue weighted by Gasteiger charge is -2.05. The number of carbonyl (C=O) groups excluding carboxylic acids is 1. The van der Waals surface area contributed by atoms with E-state index in [0.717, 1.165) is 17.7 Å². The van der Waals surface area contributed by atoms with Gasteiger partial charge >= 0.3 is 0 Å². The van der Waals surface area contributed by atoms with E-state index in [-0.39, 0.29) is 11.7 Å². The predicted molar refractivity (Wildman–Crippen MR) is 78.8 cm³/mol. The van der Waals surface area contributed by atoms with E-state index in [9.17, 15) is 9.90 Å². The second kappa shape index (κ2) is 6.52. The fraction of sp³-hybridized carbons (Fsp3) is 0.125. The number of hydrogen-bond acceptors (Lipinski definition) is 3. The van der Waals surface area contributed by atoms with Crippen molar-refractivity contribution in [2.75, 3.05) is 0 Å². The monoisotopic (exact) mass is 268 g/mol. The van der Waals surface area contributed by atoms with Crippen molar-refractivity contribution < 1.29 is 9.90 Å². The summed E-state index contributed by atoms with van der Waals surface area (Å²) in [5.74, 6) is -0.171. The van der Waals surface area contributed by atoms with Gasteiger partial charge in [-0.25, -0.2) is 5.43 Å². The fourth-order valence-electron chi connectivity index (χ4n) is 1.77. The van der Waals surface area contributed by atoms with Gasteiger partial charge in [-0.05, 0) is 36.2 Å². The zero-order valence-electron chi connectivity index (χ0n) is 11.2. The zero-order valence-corrected chi connectivity index (χ0v) is 11.2. The highest BCUT2D eigenvalue weighted by Crippen LogP contribution is 2.09. The lowest BCUT2D eigenvalue weighted by molar-refractivity contribution is 0.0955. The molecule has 2 aromatic carbocycles. The van der Waals surface area contributed by atoms with Crippen LogP contribution in [0.25, 0.3) is 0 Å². The molecule has 4 nitrogen and oxygen atoms in total. The number of rotatable bonds is 4. The molecule has 20 heavy (non-hydrogen) atoms. The van der Waals surface area contributed by atoms with Crippen LogP contribution in [0.15, 0.2) is 59.7 Å². The minimum Gasteiger partial charge on any atom is -0.508 e. The van der Waals surface area contributed by atoms with Crippen molar-refractivity contribution in [1.82, 2.24) is 5.43 Å². The largest absolute Gasteiger partial charge is 0.508 e. The summed E-state index contributed by atoms with van der Waals surface area (Å²) in [7, 11) is 0. The van der Waals surface area contributed by atoms with E-state index in [1.807, 2.05) is 37.3 Å². The van der Waals surface area contributed by atoms with Gasteiger partial charge in [0.05, 0.1) is 5.71 Å². The third kappa shape index (κ3) is 3.45. The molecule has 2 aromatic rings. The van der Waals surface area contributed by atoms with Gasteiger partial charge in [0.15, 0.2) is 0 Å². The summed E-state index contributed by atoms with van der Waals surface area (Å²) in [6.45, 7) is 1.98. The Balaban J connectivity index is 2.11. The smallest absolute Gasteiger partial charge is 0.271 e. The lowest BCUT2D eigenvalue weighted by atomic mass is 10.1. The fourth-order valence-corrected chi connectivity index (χ4v) is 1.77. The first kappa shape index (κ1) is 13.8. The molecule has 0 atom stereocenters. The average Bonchev–Trinajstić information content (AvgIpc) is 2.49. The molecule has 0 unspecified atom stereocenters. The van der Waals surface area contributed by atoms with Crippen LogP contribution in [0.5, 0.6) is 5.75 Å². The molecule has 4 heteroatoms. The maximum atomic E-state index is 11.9. The van der Waals surface area contributed by atoms with Crippen molar-refractivity contribution in [3.63, 3.8) is 0 Å². The first-order valence-electron chi connectivity index (χ1n) is 6.42. The lowest BCUT2D eigenvalue weighted by Crippen LogP contribution is -2.19. The molecule has 0 bridgehead atoms. The van der Waals surface area contributed by atoms with Gasteiger partial charge in [-0.2, -0.15) is 5.10 Å². The number of hydrogen-bond donors (Lipinski definition) is 2. The van der Waals surface area contributed by atoms with Crippen molar-refractivity contribution >= 4 is 11.6 Å². The topological polar surface area (TPSA) is 61.7 Å². The second-order valence-electron chi connectivity index (χ2n) is 4.27. The molecule has 0 aliphatic carbocycles. The molecule has 0 saturated heterocycles. The number of aromatic hydroxyl groups is 1. The van der Waals surface area contributed by atoms with Crippen LogP contribution in [0.3, 0.4) is 0 Å². The number of amides is 1. The molecular weight excluding hydrogens is 252 g/mol. The Morgan fingerprint density at radius 2 is 1.70 bits per heavy atom. The molecule has 1 amide bonds. The molecule has 0 aliphatic rings. The Morgan fingerprint density at radius 3 is 2.30 bits per heavy atom. The molecule has 0 aromatic heterocycles. The Bertz CT molecular complexity index is 604. The summed E-state index contributed by atoms with van der Waals surface area (Å²) < 4.78 is 0. The number of nitrogens with one attached hydrogen (secondary N) is 1. The molecular formula is C16H16N2O2. The Labute approximate surface area is 117 Å².